The van der Waals surface area contributed by atoms with Gasteiger partial charge in [-0.25, -0.2) is 0 Å². The summed E-state index contributed by atoms with van der Waals surface area (Å²) < 4.78 is 0. The van der Waals surface area contributed by atoms with Crippen LogP contribution < -0.4 is 0 Å². The van der Waals surface area contributed by atoms with Gasteiger partial charge in [-0.15, -0.1) is 0 Å². The molecule has 0 fully saturated rings. The van der Waals surface area contributed by atoms with E-state index in [1.54, 1.807) is 0 Å². The maximum Gasteiger partial charge on any atom is 0.0697 e. The summed E-state index contributed by atoms with van der Waals surface area (Å²) in [4.78, 5) is 0. The third-order valence-corrected chi connectivity index (χ3v) is 4.83. The van der Waals surface area contributed by atoms with Crippen molar-refractivity contribution in [2.24, 2.45) is 5.92 Å². The average molecular weight is 134 g/mol. The second kappa shape index (κ2) is 3.55. The van der Waals surface area contributed by atoms with Crippen molar-refractivity contribution in [3.8, 4) is 0 Å². The van der Waals surface area contributed by atoms with Crippen LogP contribution in [-0.4, -0.2) is 14.6 Å². The lowest BCUT2D eigenvalue weighted by atomic mass is 10.2. The van der Waals surface area contributed by atoms with Crippen molar-refractivity contribution in [1.82, 2.24) is 0 Å². The molecule has 0 bridgehead atoms. The van der Waals surface area contributed by atoms with Gasteiger partial charge in [0.1, 0.15) is 0 Å². The van der Waals surface area contributed by atoms with Crippen LogP contribution in [0.1, 0.15) is 20.8 Å². The van der Waals surface area contributed by atoms with E-state index in [-0.39, 0.29) is 0 Å². The summed E-state index contributed by atoms with van der Waals surface area (Å²) in [5, 5.41) is 0.881. The third-order valence-electron chi connectivity index (χ3n) is 1.31. The summed E-state index contributed by atoms with van der Waals surface area (Å²) >= 11 is 2.07. The zero-order chi connectivity index (χ0) is 5.86. The SMILES string of the molecule is CC(C)C(C)S[SiH3]. The van der Waals surface area contributed by atoms with E-state index in [0.29, 0.717) is 0 Å². The highest BCUT2D eigenvalue weighted by Crippen LogP contribution is 2.13. The first-order valence-electron chi connectivity index (χ1n) is 2.71. The summed E-state index contributed by atoms with van der Waals surface area (Å²) in [6.45, 7) is 6.84. The van der Waals surface area contributed by atoms with Crippen molar-refractivity contribution in [3.05, 3.63) is 0 Å². The van der Waals surface area contributed by atoms with Crippen LogP contribution in [0.4, 0.5) is 0 Å². The first-order valence-corrected chi connectivity index (χ1v) is 6.45. The first kappa shape index (κ1) is 7.57. The van der Waals surface area contributed by atoms with Crippen molar-refractivity contribution < 1.29 is 0 Å². The molecule has 1 atom stereocenters. The summed E-state index contributed by atoms with van der Waals surface area (Å²) in [7, 11) is 1.29. The van der Waals surface area contributed by atoms with E-state index in [1.165, 1.54) is 9.39 Å². The molecule has 44 valence electrons. The van der Waals surface area contributed by atoms with E-state index in [1.807, 2.05) is 0 Å². The quantitative estimate of drug-likeness (QED) is 0.509. The average Bonchev–Trinajstić information content (AvgIpc) is 1.65. The Hall–Kier alpha value is 0.567. The Labute approximate surface area is 53.1 Å². The van der Waals surface area contributed by atoms with Crippen LogP contribution in [0.25, 0.3) is 0 Å². The normalized spacial score (nSPS) is 15.4. The van der Waals surface area contributed by atoms with Crippen LogP contribution in [0.2, 0.25) is 0 Å². The van der Waals surface area contributed by atoms with Crippen LogP contribution in [0, 0.1) is 5.92 Å². The van der Waals surface area contributed by atoms with E-state index < -0.39 is 0 Å². The second-order valence-electron chi connectivity index (χ2n) is 2.18. The monoisotopic (exact) mass is 134 g/mol. The molecule has 0 aromatic carbocycles. The molecule has 0 aromatic heterocycles. The lowest BCUT2D eigenvalue weighted by Gasteiger charge is -2.10. The molecule has 0 rings (SSSR count). The molecule has 2 heteroatoms. The Bertz CT molecular complexity index is 45.3. The zero-order valence-corrected chi connectivity index (χ0v) is 8.38. The van der Waals surface area contributed by atoms with Gasteiger partial charge in [-0.2, -0.15) is 11.2 Å². The highest BCUT2D eigenvalue weighted by Gasteiger charge is 2.01. The number of rotatable bonds is 2. The van der Waals surface area contributed by atoms with Gasteiger partial charge in [-0.1, -0.05) is 20.8 Å². The van der Waals surface area contributed by atoms with Crippen LogP contribution in [0.3, 0.4) is 0 Å². The molecule has 0 aliphatic rings. The Morgan fingerprint density at radius 2 is 1.71 bits per heavy atom. The third kappa shape index (κ3) is 3.18. The maximum atomic E-state index is 2.29. The predicted octanol–water partition coefficient (Wildman–Crippen LogP) is 1.04. The van der Waals surface area contributed by atoms with E-state index in [9.17, 15) is 0 Å². The topological polar surface area (TPSA) is 0 Å². The van der Waals surface area contributed by atoms with Gasteiger partial charge in [0.05, 0.1) is 9.39 Å². The molecule has 0 N–H and O–H groups in total. The van der Waals surface area contributed by atoms with E-state index in [2.05, 4.69) is 32.0 Å². The molecule has 0 aromatic rings. The van der Waals surface area contributed by atoms with Gasteiger partial charge >= 0.3 is 0 Å². The van der Waals surface area contributed by atoms with Crippen LogP contribution >= 0.6 is 11.2 Å². The van der Waals surface area contributed by atoms with Crippen molar-refractivity contribution in [1.29, 1.82) is 0 Å². The Balaban J connectivity index is 3.14. The van der Waals surface area contributed by atoms with Gasteiger partial charge in [0.15, 0.2) is 0 Å². The zero-order valence-electron chi connectivity index (χ0n) is 5.56. The van der Waals surface area contributed by atoms with Crippen molar-refractivity contribution in [3.63, 3.8) is 0 Å². The minimum absolute atomic E-state index is 0.863. The minimum atomic E-state index is 0.863. The Kier molecular flexibility index (Phi) is 3.84. The number of hydrogen-bond acceptors (Lipinski definition) is 1. The smallest absolute Gasteiger partial charge is 0.0697 e. The first-order chi connectivity index (χ1) is 3.18. The largest absolute Gasteiger partial charge is 0.194 e. The van der Waals surface area contributed by atoms with Crippen molar-refractivity contribution in [2.45, 2.75) is 26.0 Å². The molecular weight excluding hydrogens is 120 g/mol. The molecule has 0 spiro atoms. The fourth-order valence-electron chi connectivity index (χ4n) is 0.272. The fraction of sp³-hybridized carbons (Fsp3) is 1.00. The van der Waals surface area contributed by atoms with Crippen LogP contribution in [0.15, 0.2) is 0 Å². The van der Waals surface area contributed by atoms with E-state index in [0.717, 1.165) is 11.2 Å². The highest BCUT2D eigenvalue weighted by atomic mass is 32.4. The summed E-state index contributed by atoms with van der Waals surface area (Å²) in [6.07, 6.45) is 0. The lowest BCUT2D eigenvalue weighted by Crippen LogP contribution is -2.04. The van der Waals surface area contributed by atoms with Gasteiger partial charge < -0.3 is 0 Å². The second-order valence-corrected chi connectivity index (χ2v) is 4.81. The van der Waals surface area contributed by atoms with Crippen LogP contribution in [0.5, 0.6) is 0 Å². The molecule has 1 unspecified atom stereocenters. The molecule has 0 amide bonds. The minimum Gasteiger partial charge on any atom is -0.194 e. The molecule has 0 saturated carbocycles. The van der Waals surface area contributed by atoms with Gasteiger partial charge in [-0.3, -0.25) is 0 Å². The molecule has 0 nitrogen and oxygen atoms in total. The molecule has 0 saturated heterocycles. The Morgan fingerprint density at radius 1 is 1.29 bits per heavy atom. The molecule has 0 aliphatic heterocycles. The van der Waals surface area contributed by atoms with E-state index in [4.69, 9.17) is 0 Å². The highest BCUT2D eigenvalue weighted by molar-refractivity contribution is 8.20. The maximum absolute atomic E-state index is 2.29. The molecule has 0 heterocycles. The van der Waals surface area contributed by atoms with Gasteiger partial charge in [0, 0.05) is 0 Å². The predicted molar refractivity (Wildman–Crippen MR) is 41.8 cm³/mol. The summed E-state index contributed by atoms with van der Waals surface area (Å²) in [5.74, 6) is 0.863. The van der Waals surface area contributed by atoms with Gasteiger partial charge in [0.25, 0.3) is 0 Å². The summed E-state index contributed by atoms with van der Waals surface area (Å²) in [6, 6.07) is 0. The standard InChI is InChI=1S/C5H14SSi/c1-4(2)5(3)6-7/h4-5H,1-3,7H3. The Morgan fingerprint density at radius 3 is 1.71 bits per heavy atom. The van der Waals surface area contributed by atoms with Crippen molar-refractivity contribution >= 4 is 20.6 Å². The molecular formula is C5H14SSi. The summed E-state index contributed by atoms with van der Waals surface area (Å²) in [5.41, 5.74) is 0. The van der Waals surface area contributed by atoms with Gasteiger partial charge in [-0.05, 0) is 11.2 Å². The molecule has 0 radical (unpaired) electrons. The van der Waals surface area contributed by atoms with Crippen molar-refractivity contribution in [2.75, 3.05) is 0 Å². The van der Waals surface area contributed by atoms with Crippen LogP contribution in [-0.2, 0) is 0 Å². The van der Waals surface area contributed by atoms with Gasteiger partial charge in [0.2, 0.25) is 0 Å². The van der Waals surface area contributed by atoms with E-state index >= 15 is 0 Å². The number of hydrogen-bond donors (Lipinski definition) is 0. The lowest BCUT2D eigenvalue weighted by molar-refractivity contribution is 0.645. The fourth-order valence-corrected chi connectivity index (χ4v) is 2.45. The molecule has 7 heavy (non-hydrogen) atoms. The molecule has 0 aliphatic carbocycles.